The number of aliphatic hydroxyl groups excluding tert-OH is 1. The van der Waals surface area contributed by atoms with E-state index in [1.165, 1.54) is 12.1 Å². The van der Waals surface area contributed by atoms with Gasteiger partial charge in [-0.3, -0.25) is 9.80 Å². The number of nitrogens with one attached hydrogen (secondary N) is 2. The van der Waals surface area contributed by atoms with E-state index in [1.807, 2.05) is 25.1 Å². The van der Waals surface area contributed by atoms with E-state index in [0.717, 1.165) is 19.3 Å². The number of hydrazine groups is 1. The van der Waals surface area contributed by atoms with Crippen LogP contribution in [0.3, 0.4) is 0 Å². The minimum atomic E-state index is -1.46. The monoisotopic (exact) mass is 485 g/mol. The van der Waals surface area contributed by atoms with Gasteiger partial charge in [-0.15, -0.1) is 0 Å². The summed E-state index contributed by atoms with van der Waals surface area (Å²) in [6, 6.07) is 14.8. The number of rotatable bonds is 12. The van der Waals surface area contributed by atoms with E-state index >= 15 is 0 Å². The third-order valence-electron chi connectivity index (χ3n) is 7.03. The summed E-state index contributed by atoms with van der Waals surface area (Å²) in [5.41, 5.74) is 1.57. The van der Waals surface area contributed by atoms with Crippen molar-refractivity contribution in [3.63, 3.8) is 0 Å². The second-order valence-electron chi connectivity index (χ2n) is 9.29. The number of anilines is 1. The minimum absolute atomic E-state index is 0.0944. The molecule has 190 valence electrons. The number of unbranched alkanes of at least 4 members (excludes halogenated alkanes) is 3. The first-order chi connectivity index (χ1) is 16.8. The van der Waals surface area contributed by atoms with Gasteiger partial charge in [0.15, 0.2) is 5.54 Å². The SMILES string of the molecule is CCCCC1C(C(=O)NCCCCCO)(c2ccc(F)cc2)NN(c2ccccc2)C1(C)C(=O)O. The summed E-state index contributed by atoms with van der Waals surface area (Å²) in [5.74, 6) is -2.48. The Morgan fingerprint density at radius 2 is 1.74 bits per heavy atom. The number of carbonyl (C=O) groups excluding carboxylic acids is 1. The first-order valence-corrected chi connectivity index (χ1v) is 12.3. The van der Waals surface area contributed by atoms with E-state index in [4.69, 9.17) is 5.11 Å². The molecule has 2 aromatic rings. The fraction of sp³-hybridized carbons (Fsp3) is 0.481. The van der Waals surface area contributed by atoms with Crippen molar-refractivity contribution >= 4 is 17.6 Å². The molecule has 8 heteroatoms. The van der Waals surface area contributed by atoms with Crippen molar-refractivity contribution in [2.24, 2.45) is 5.92 Å². The van der Waals surface area contributed by atoms with E-state index in [2.05, 4.69) is 10.7 Å². The Bertz CT molecular complexity index is 988. The Morgan fingerprint density at radius 1 is 1.06 bits per heavy atom. The molecule has 1 aliphatic heterocycles. The number of carboxylic acids is 1. The van der Waals surface area contributed by atoms with Crippen molar-refractivity contribution in [3.05, 3.63) is 66.0 Å². The van der Waals surface area contributed by atoms with Crippen molar-refractivity contribution in [1.29, 1.82) is 0 Å². The smallest absolute Gasteiger partial charge is 0.331 e. The van der Waals surface area contributed by atoms with Crippen LogP contribution in [0, 0.1) is 11.7 Å². The Kier molecular flexibility index (Phi) is 8.86. The zero-order chi connectivity index (χ0) is 25.5. The summed E-state index contributed by atoms with van der Waals surface area (Å²) < 4.78 is 13.9. The van der Waals surface area contributed by atoms with E-state index in [0.29, 0.717) is 37.1 Å². The van der Waals surface area contributed by atoms with Gasteiger partial charge in [-0.25, -0.2) is 14.6 Å². The predicted molar refractivity (Wildman–Crippen MR) is 133 cm³/mol. The third-order valence-corrected chi connectivity index (χ3v) is 7.03. The molecule has 2 aromatic carbocycles. The van der Waals surface area contributed by atoms with Crippen molar-refractivity contribution in [3.8, 4) is 0 Å². The largest absolute Gasteiger partial charge is 0.479 e. The highest BCUT2D eigenvalue weighted by Crippen LogP contribution is 2.50. The molecule has 1 fully saturated rings. The topological polar surface area (TPSA) is 102 Å². The van der Waals surface area contributed by atoms with E-state index in [-0.39, 0.29) is 12.5 Å². The van der Waals surface area contributed by atoms with Crippen LogP contribution in [-0.4, -0.2) is 40.8 Å². The van der Waals surface area contributed by atoms with Crippen LogP contribution < -0.4 is 15.8 Å². The molecule has 1 saturated heterocycles. The number of aliphatic hydroxyl groups is 1. The normalized spacial score (nSPS) is 23.9. The van der Waals surface area contributed by atoms with Gasteiger partial charge in [0.05, 0.1) is 5.69 Å². The van der Waals surface area contributed by atoms with Crippen molar-refractivity contribution in [2.45, 2.75) is 63.5 Å². The molecular weight excluding hydrogens is 449 g/mol. The molecule has 0 bridgehead atoms. The zero-order valence-corrected chi connectivity index (χ0v) is 20.5. The molecule has 1 heterocycles. The lowest BCUT2D eigenvalue weighted by atomic mass is 9.68. The number of halogens is 1. The third kappa shape index (κ3) is 5.18. The molecule has 0 spiro atoms. The number of aliphatic carboxylic acids is 1. The number of hydrogen-bond donors (Lipinski definition) is 4. The molecule has 3 unspecified atom stereocenters. The molecule has 0 aliphatic carbocycles. The lowest BCUT2D eigenvalue weighted by Crippen LogP contribution is -2.57. The van der Waals surface area contributed by atoms with E-state index in [1.54, 1.807) is 36.2 Å². The second-order valence-corrected chi connectivity index (χ2v) is 9.29. The van der Waals surface area contributed by atoms with Gasteiger partial charge in [-0.2, -0.15) is 0 Å². The van der Waals surface area contributed by atoms with Crippen molar-refractivity contribution in [2.75, 3.05) is 18.2 Å². The fourth-order valence-corrected chi connectivity index (χ4v) is 5.08. The zero-order valence-electron chi connectivity index (χ0n) is 20.5. The lowest BCUT2D eigenvalue weighted by molar-refractivity contribution is -0.145. The second kappa shape index (κ2) is 11.6. The van der Waals surface area contributed by atoms with Crippen molar-refractivity contribution < 1.29 is 24.2 Å². The fourth-order valence-electron chi connectivity index (χ4n) is 5.08. The van der Waals surface area contributed by atoms with Crippen LogP contribution >= 0.6 is 0 Å². The highest BCUT2D eigenvalue weighted by atomic mass is 19.1. The number of para-hydroxylation sites is 1. The molecule has 3 atom stereocenters. The maximum atomic E-state index is 14.0. The summed E-state index contributed by atoms with van der Waals surface area (Å²) >= 11 is 0. The summed E-state index contributed by atoms with van der Waals surface area (Å²) in [6.45, 7) is 4.15. The molecule has 0 aromatic heterocycles. The van der Waals surface area contributed by atoms with Gasteiger partial charge in [-0.1, -0.05) is 50.1 Å². The average Bonchev–Trinajstić information content (AvgIpc) is 3.14. The summed E-state index contributed by atoms with van der Waals surface area (Å²) in [6.07, 6.45) is 4.13. The van der Waals surface area contributed by atoms with Crippen molar-refractivity contribution in [1.82, 2.24) is 10.7 Å². The molecule has 7 nitrogen and oxygen atoms in total. The highest BCUT2D eigenvalue weighted by molar-refractivity contribution is 5.94. The van der Waals surface area contributed by atoms with Crippen LogP contribution in [0.1, 0.15) is 57.9 Å². The standard InChI is InChI=1S/C27H36FN3O4/c1-3-4-13-23-26(2,25(34)35)31(22-11-7-5-8-12-22)30-27(23,20-14-16-21(28)17-15-20)24(33)29-18-9-6-10-19-32/h5,7-8,11-12,14-17,23,30,32H,3-4,6,9-10,13,18-19H2,1-2H3,(H,29,33)(H,34,35). The van der Waals surface area contributed by atoms with Gasteiger partial charge >= 0.3 is 5.97 Å². The van der Waals surface area contributed by atoms with Gasteiger partial charge in [0, 0.05) is 19.1 Å². The number of benzene rings is 2. The maximum absolute atomic E-state index is 14.0. The number of hydrogen-bond acceptors (Lipinski definition) is 5. The molecule has 0 radical (unpaired) electrons. The van der Waals surface area contributed by atoms with Crippen LogP contribution in [-0.2, 0) is 15.1 Å². The highest BCUT2D eigenvalue weighted by Gasteiger charge is 2.66. The molecule has 1 amide bonds. The molecule has 1 aliphatic rings. The van der Waals surface area contributed by atoms with Crippen LogP contribution in [0.25, 0.3) is 0 Å². The maximum Gasteiger partial charge on any atom is 0.331 e. The molecule has 0 saturated carbocycles. The number of nitrogens with zero attached hydrogens (tertiary/aromatic N) is 1. The van der Waals surface area contributed by atoms with E-state index < -0.39 is 28.8 Å². The summed E-state index contributed by atoms with van der Waals surface area (Å²) in [4.78, 5) is 26.9. The Balaban J connectivity index is 2.15. The van der Waals surface area contributed by atoms with Crippen LogP contribution in [0.5, 0.6) is 0 Å². The molecule has 4 N–H and O–H groups in total. The average molecular weight is 486 g/mol. The van der Waals surface area contributed by atoms with Crippen LogP contribution in [0.15, 0.2) is 54.6 Å². The van der Waals surface area contributed by atoms with Crippen LogP contribution in [0.2, 0.25) is 0 Å². The molecule has 3 rings (SSSR count). The Hall–Kier alpha value is -2.97. The molecular formula is C27H36FN3O4. The van der Waals surface area contributed by atoms with Gasteiger partial charge in [0.25, 0.3) is 0 Å². The lowest BCUT2D eigenvalue weighted by Gasteiger charge is -2.37. The number of amides is 1. The molecule has 35 heavy (non-hydrogen) atoms. The van der Waals surface area contributed by atoms with Gasteiger partial charge in [-0.05, 0) is 62.4 Å². The first-order valence-electron chi connectivity index (χ1n) is 12.3. The van der Waals surface area contributed by atoms with Gasteiger partial charge in [0.1, 0.15) is 11.4 Å². The first kappa shape index (κ1) is 26.6. The Labute approximate surface area is 206 Å². The summed E-state index contributed by atoms with van der Waals surface area (Å²) in [7, 11) is 0. The quantitative estimate of drug-likeness (QED) is 0.339. The van der Waals surface area contributed by atoms with Gasteiger partial charge < -0.3 is 15.5 Å². The van der Waals surface area contributed by atoms with Gasteiger partial charge in [0.2, 0.25) is 5.91 Å². The Morgan fingerprint density at radius 3 is 2.34 bits per heavy atom. The predicted octanol–water partition coefficient (Wildman–Crippen LogP) is 3.97. The summed E-state index contributed by atoms with van der Waals surface area (Å²) in [5, 5.41) is 24.2. The van der Waals surface area contributed by atoms with Crippen LogP contribution in [0.4, 0.5) is 10.1 Å². The number of carbonyl (C=O) groups is 2. The number of carboxylic acid groups (broad SMARTS) is 1. The van der Waals surface area contributed by atoms with E-state index in [9.17, 15) is 19.1 Å². The minimum Gasteiger partial charge on any atom is -0.479 e.